The van der Waals surface area contributed by atoms with Gasteiger partial charge in [-0.2, -0.15) is 0 Å². The van der Waals surface area contributed by atoms with Gasteiger partial charge < -0.3 is 14.8 Å². The predicted molar refractivity (Wildman–Crippen MR) is 148 cm³/mol. The van der Waals surface area contributed by atoms with Crippen LogP contribution in [0.25, 0.3) is 0 Å². The average Bonchev–Trinajstić information content (AvgIpc) is 2.88. The summed E-state index contributed by atoms with van der Waals surface area (Å²) in [6.07, 6.45) is 7.87. The maximum atomic E-state index is 13.1. The van der Waals surface area contributed by atoms with Crippen molar-refractivity contribution in [2.75, 3.05) is 0 Å². The molecule has 4 bridgehead atoms. The molecule has 3 aromatic carbocycles. The van der Waals surface area contributed by atoms with Gasteiger partial charge in [0.1, 0.15) is 23.0 Å². The highest BCUT2D eigenvalue weighted by Crippen LogP contribution is 2.61. The number of amides is 1. The molecule has 1 atom stereocenters. The van der Waals surface area contributed by atoms with Crippen LogP contribution in [0, 0.1) is 40.2 Å². The molecule has 7 heteroatoms. The Labute approximate surface area is 228 Å². The topological polar surface area (TPSA) is 90.7 Å². The number of hydrogen-bond acceptors (Lipinski definition) is 5. The molecule has 0 radical (unpaired) electrons. The van der Waals surface area contributed by atoms with Crippen LogP contribution in [0.15, 0.2) is 66.7 Å². The van der Waals surface area contributed by atoms with Gasteiger partial charge >= 0.3 is 0 Å². The van der Waals surface area contributed by atoms with Gasteiger partial charge in [0.2, 0.25) is 0 Å². The van der Waals surface area contributed by atoms with Gasteiger partial charge in [-0.05, 0) is 118 Å². The maximum Gasteiger partial charge on any atom is 0.276 e. The molecule has 0 aliphatic heterocycles. The van der Waals surface area contributed by atoms with E-state index in [4.69, 9.17) is 9.47 Å². The van der Waals surface area contributed by atoms with Crippen LogP contribution in [0.2, 0.25) is 0 Å². The van der Waals surface area contributed by atoms with Crippen molar-refractivity contribution < 1.29 is 19.2 Å². The predicted octanol–water partition coefficient (Wildman–Crippen LogP) is 7.82. The summed E-state index contributed by atoms with van der Waals surface area (Å²) in [4.78, 5) is 24.2. The van der Waals surface area contributed by atoms with E-state index < -0.39 is 4.92 Å². The first-order valence-corrected chi connectivity index (χ1v) is 13.9. The number of carbonyl (C=O) groups is 1. The number of hydrogen-bond donors (Lipinski definition) is 1. The molecule has 0 saturated heterocycles. The Balaban J connectivity index is 1.13. The summed E-state index contributed by atoms with van der Waals surface area (Å²) in [5.41, 5.74) is 1.70. The van der Waals surface area contributed by atoms with E-state index in [1.54, 1.807) is 36.4 Å². The molecule has 39 heavy (non-hydrogen) atoms. The van der Waals surface area contributed by atoms with E-state index in [0.29, 0.717) is 22.8 Å². The van der Waals surface area contributed by atoms with E-state index in [2.05, 4.69) is 12.2 Å². The fourth-order valence-corrected chi connectivity index (χ4v) is 7.55. The lowest BCUT2D eigenvalue weighted by Crippen LogP contribution is -2.55. The Morgan fingerprint density at radius 2 is 1.46 bits per heavy atom. The fourth-order valence-electron chi connectivity index (χ4n) is 7.55. The van der Waals surface area contributed by atoms with Crippen molar-refractivity contribution >= 4 is 11.6 Å². The van der Waals surface area contributed by atoms with E-state index in [0.717, 1.165) is 23.3 Å². The fraction of sp³-hybridized carbons (Fsp3) is 0.406. The Morgan fingerprint density at radius 3 is 2.03 bits per heavy atom. The van der Waals surface area contributed by atoms with Crippen LogP contribution in [0.4, 0.5) is 5.69 Å². The van der Waals surface area contributed by atoms with E-state index in [1.807, 2.05) is 25.1 Å². The number of nitro benzene ring substituents is 1. The van der Waals surface area contributed by atoms with E-state index in [1.165, 1.54) is 50.7 Å². The zero-order valence-electron chi connectivity index (χ0n) is 22.4. The smallest absolute Gasteiger partial charge is 0.276 e. The van der Waals surface area contributed by atoms with Crippen molar-refractivity contribution in [1.29, 1.82) is 0 Å². The third-order valence-electron chi connectivity index (χ3n) is 9.00. The van der Waals surface area contributed by atoms with E-state index in [9.17, 15) is 14.9 Å². The molecule has 0 heterocycles. The van der Waals surface area contributed by atoms with Crippen LogP contribution < -0.4 is 14.8 Å². The first kappa shape index (κ1) is 25.4. The molecule has 1 N–H and O–H groups in total. The molecule has 4 fully saturated rings. The second kappa shape index (κ2) is 10.0. The molecule has 0 aromatic heterocycles. The van der Waals surface area contributed by atoms with E-state index in [-0.39, 0.29) is 28.8 Å². The molecule has 7 rings (SSSR count). The molecule has 4 aliphatic carbocycles. The summed E-state index contributed by atoms with van der Waals surface area (Å²) in [6, 6.07) is 18.8. The molecule has 7 nitrogen and oxygen atoms in total. The second-order valence-corrected chi connectivity index (χ2v) is 11.9. The average molecular weight is 527 g/mol. The quantitative estimate of drug-likeness (QED) is 0.239. The van der Waals surface area contributed by atoms with Crippen LogP contribution in [0.5, 0.6) is 23.0 Å². The summed E-state index contributed by atoms with van der Waals surface area (Å²) in [6.45, 7) is 4.13. The molecular weight excluding hydrogens is 492 g/mol. The van der Waals surface area contributed by atoms with Crippen molar-refractivity contribution in [1.82, 2.24) is 5.32 Å². The number of nitrogens with one attached hydrogen (secondary N) is 1. The first-order valence-electron chi connectivity index (χ1n) is 13.9. The highest BCUT2D eigenvalue weighted by molar-refractivity contribution is 5.94. The van der Waals surface area contributed by atoms with Gasteiger partial charge in [0, 0.05) is 17.7 Å². The minimum Gasteiger partial charge on any atom is -0.457 e. The van der Waals surface area contributed by atoms with Crippen molar-refractivity contribution in [3.63, 3.8) is 0 Å². The van der Waals surface area contributed by atoms with Gasteiger partial charge in [-0.15, -0.1) is 0 Å². The normalized spacial score (nSPS) is 25.6. The number of nitro groups is 1. The summed E-state index contributed by atoms with van der Waals surface area (Å²) in [5, 5.41) is 14.8. The highest BCUT2D eigenvalue weighted by Gasteiger charge is 2.53. The minimum absolute atomic E-state index is 0.0750. The zero-order valence-corrected chi connectivity index (χ0v) is 22.4. The molecule has 1 unspecified atom stereocenters. The Hall–Kier alpha value is -3.87. The SMILES string of the molecule is Cc1cccc(Oc2cc(Oc3ccc(C(=O)NC(C)C45CC6CC(CC(C6)C4)C5)cc3)cc([N+](=O)[O-])c2)c1. The maximum absolute atomic E-state index is 13.1. The number of benzene rings is 3. The number of ether oxygens (including phenoxy) is 2. The largest absolute Gasteiger partial charge is 0.457 e. The third kappa shape index (κ3) is 5.35. The molecule has 4 saturated carbocycles. The third-order valence-corrected chi connectivity index (χ3v) is 9.00. The highest BCUT2D eigenvalue weighted by atomic mass is 16.6. The van der Waals surface area contributed by atoms with Gasteiger partial charge in [0.05, 0.1) is 17.1 Å². The molecular formula is C32H34N2O5. The number of aryl methyl sites for hydroxylation is 1. The minimum atomic E-state index is -0.478. The molecule has 1 amide bonds. The van der Waals surface area contributed by atoms with Crippen LogP contribution in [-0.4, -0.2) is 16.9 Å². The number of carbonyl (C=O) groups excluding carboxylic acids is 1. The zero-order chi connectivity index (χ0) is 27.1. The number of nitrogens with zero attached hydrogens (tertiary/aromatic N) is 1. The standard InChI is InChI=1S/C32H34N2O5/c1-20-4-3-5-28(10-20)39-30-15-26(34(36)37)14-29(16-30)38-27-8-6-25(7-9-27)31(35)33-21(2)32-17-22-11-23(18-32)13-24(12-22)19-32/h3-10,14-16,21-24H,11-13,17-19H2,1-2H3,(H,33,35). The second-order valence-electron chi connectivity index (χ2n) is 11.9. The van der Waals surface area contributed by atoms with Gasteiger partial charge in [-0.3, -0.25) is 14.9 Å². The van der Waals surface area contributed by atoms with Gasteiger partial charge in [0.15, 0.2) is 0 Å². The molecule has 3 aromatic rings. The van der Waals surface area contributed by atoms with Crippen molar-refractivity contribution in [3.05, 3.63) is 88.0 Å². The van der Waals surface area contributed by atoms with Crippen molar-refractivity contribution in [2.45, 2.75) is 58.4 Å². The van der Waals surface area contributed by atoms with Crippen LogP contribution in [0.1, 0.15) is 61.4 Å². The van der Waals surface area contributed by atoms with Gasteiger partial charge in [-0.1, -0.05) is 12.1 Å². The molecule has 0 spiro atoms. The monoisotopic (exact) mass is 526 g/mol. The molecule has 202 valence electrons. The van der Waals surface area contributed by atoms with Gasteiger partial charge in [-0.25, -0.2) is 0 Å². The Kier molecular flexibility index (Phi) is 6.53. The Bertz CT molecular complexity index is 1360. The molecule has 4 aliphatic rings. The van der Waals surface area contributed by atoms with Crippen molar-refractivity contribution in [2.24, 2.45) is 23.2 Å². The van der Waals surface area contributed by atoms with Crippen LogP contribution in [-0.2, 0) is 0 Å². The summed E-state index contributed by atoms with van der Waals surface area (Å²) in [5.74, 6) is 4.07. The lowest BCUT2D eigenvalue weighted by Gasteiger charge is -2.59. The lowest BCUT2D eigenvalue weighted by molar-refractivity contribution is -0.385. The Morgan fingerprint density at radius 1 is 0.872 bits per heavy atom. The lowest BCUT2D eigenvalue weighted by atomic mass is 9.48. The summed E-state index contributed by atoms with van der Waals surface area (Å²) < 4.78 is 11.8. The first-order chi connectivity index (χ1) is 18.7. The number of non-ortho nitro benzene ring substituents is 1. The van der Waals surface area contributed by atoms with Gasteiger partial charge in [0.25, 0.3) is 11.6 Å². The van der Waals surface area contributed by atoms with E-state index >= 15 is 0 Å². The van der Waals surface area contributed by atoms with Crippen LogP contribution >= 0.6 is 0 Å². The number of rotatable bonds is 8. The van der Waals surface area contributed by atoms with Crippen LogP contribution in [0.3, 0.4) is 0 Å². The summed E-state index contributed by atoms with van der Waals surface area (Å²) in [7, 11) is 0. The van der Waals surface area contributed by atoms with Crippen molar-refractivity contribution in [3.8, 4) is 23.0 Å². The summed E-state index contributed by atoms with van der Waals surface area (Å²) >= 11 is 0.